The zero-order chi connectivity index (χ0) is 20.4. The summed E-state index contributed by atoms with van der Waals surface area (Å²) in [4.78, 5) is 4.46. The van der Waals surface area contributed by atoms with E-state index >= 15 is 0 Å². The minimum Gasteiger partial charge on any atom is -0.508 e. The first-order valence-corrected chi connectivity index (χ1v) is 9.15. The Bertz CT molecular complexity index is 1170. The van der Waals surface area contributed by atoms with Crippen molar-refractivity contribution in [1.82, 2.24) is 4.98 Å². The maximum atomic E-state index is 12.4. The molecule has 5 nitrogen and oxygen atoms in total. The number of rotatable bonds is 4. The maximum absolute atomic E-state index is 12.4. The van der Waals surface area contributed by atoms with Crippen molar-refractivity contribution in [2.75, 3.05) is 0 Å². The molecule has 0 saturated heterocycles. The SMILES string of the molecule is Oc1ccc(N=Nc2ccc(-c3nc4ccc(OC(F)(F)F)cc4s3)cc2)cc1. The lowest BCUT2D eigenvalue weighted by Gasteiger charge is -2.07. The lowest BCUT2D eigenvalue weighted by molar-refractivity contribution is -0.274. The highest BCUT2D eigenvalue weighted by Gasteiger charge is 2.31. The van der Waals surface area contributed by atoms with E-state index in [0.29, 0.717) is 26.6 Å². The van der Waals surface area contributed by atoms with E-state index in [-0.39, 0.29) is 11.5 Å². The van der Waals surface area contributed by atoms with Crippen LogP contribution in [-0.4, -0.2) is 16.5 Å². The van der Waals surface area contributed by atoms with E-state index in [2.05, 4.69) is 19.9 Å². The van der Waals surface area contributed by atoms with E-state index in [1.165, 1.54) is 41.7 Å². The van der Waals surface area contributed by atoms with Gasteiger partial charge in [-0.15, -0.1) is 24.5 Å². The number of aromatic nitrogens is 1. The van der Waals surface area contributed by atoms with Crippen LogP contribution in [-0.2, 0) is 0 Å². The number of nitrogens with zero attached hydrogens (tertiary/aromatic N) is 3. The van der Waals surface area contributed by atoms with Crippen LogP contribution in [0, 0.1) is 0 Å². The third-order valence-electron chi connectivity index (χ3n) is 3.84. The minimum absolute atomic E-state index is 0.154. The molecule has 4 aromatic rings. The van der Waals surface area contributed by atoms with Crippen LogP contribution in [0.5, 0.6) is 11.5 Å². The van der Waals surface area contributed by atoms with Crippen LogP contribution in [0.25, 0.3) is 20.8 Å². The van der Waals surface area contributed by atoms with Crippen molar-refractivity contribution in [3.05, 3.63) is 66.7 Å². The molecule has 1 N–H and O–H groups in total. The quantitative estimate of drug-likeness (QED) is 0.366. The molecular formula is C20H12F3N3O2S. The molecule has 3 aromatic carbocycles. The lowest BCUT2D eigenvalue weighted by Crippen LogP contribution is -2.16. The van der Waals surface area contributed by atoms with Crippen LogP contribution >= 0.6 is 11.3 Å². The van der Waals surface area contributed by atoms with E-state index in [4.69, 9.17) is 0 Å². The molecule has 0 unspecified atom stereocenters. The third-order valence-corrected chi connectivity index (χ3v) is 4.91. The Morgan fingerprint density at radius 3 is 2.10 bits per heavy atom. The number of halogens is 3. The van der Waals surface area contributed by atoms with E-state index in [1.807, 2.05) is 12.1 Å². The summed E-state index contributed by atoms with van der Waals surface area (Å²) in [6, 6.07) is 17.6. The van der Waals surface area contributed by atoms with Gasteiger partial charge in [-0.05, 0) is 66.7 Å². The topological polar surface area (TPSA) is 67.1 Å². The monoisotopic (exact) mass is 415 g/mol. The predicted octanol–water partition coefficient (Wildman–Crippen LogP) is 6.98. The fraction of sp³-hybridized carbons (Fsp3) is 0.0500. The van der Waals surface area contributed by atoms with Gasteiger partial charge in [-0.1, -0.05) is 0 Å². The van der Waals surface area contributed by atoms with Gasteiger partial charge < -0.3 is 9.84 Å². The molecule has 1 aromatic heterocycles. The minimum atomic E-state index is -4.73. The number of benzene rings is 3. The van der Waals surface area contributed by atoms with Gasteiger partial charge in [-0.2, -0.15) is 10.2 Å². The van der Waals surface area contributed by atoms with Gasteiger partial charge in [0, 0.05) is 5.56 Å². The van der Waals surface area contributed by atoms with Gasteiger partial charge in [-0.25, -0.2) is 4.98 Å². The highest BCUT2D eigenvalue weighted by Crippen LogP contribution is 2.34. The van der Waals surface area contributed by atoms with Crippen molar-refractivity contribution in [2.45, 2.75) is 6.36 Å². The van der Waals surface area contributed by atoms with Gasteiger partial charge in [0.15, 0.2) is 0 Å². The zero-order valence-electron chi connectivity index (χ0n) is 14.6. The van der Waals surface area contributed by atoms with Gasteiger partial charge in [0.2, 0.25) is 0 Å². The molecule has 0 amide bonds. The smallest absolute Gasteiger partial charge is 0.508 e. The summed E-state index contributed by atoms with van der Waals surface area (Å²) in [5.41, 5.74) is 2.64. The van der Waals surface area contributed by atoms with Crippen LogP contribution in [0.3, 0.4) is 0 Å². The van der Waals surface area contributed by atoms with Crippen LogP contribution in [0.1, 0.15) is 0 Å². The largest absolute Gasteiger partial charge is 0.573 e. The van der Waals surface area contributed by atoms with Gasteiger partial charge in [-0.3, -0.25) is 0 Å². The van der Waals surface area contributed by atoms with Crippen molar-refractivity contribution >= 4 is 32.9 Å². The van der Waals surface area contributed by atoms with Crippen LogP contribution in [0.2, 0.25) is 0 Å². The molecule has 0 fully saturated rings. The maximum Gasteiger partial charge on any atom is 0.573 e. The second-order valence-electron chi connectivity index (χ2n) is 5.96. The molecule has 0 aliphatic heterocycles. The van der Waals surface area contributed by atoms with Gasteiger partial charge >= 0.3 is 6.36 Å². The average molecular weight is 415 g/mol. The molecule has 0 atom stereocenters. The third kappa shape index (κ3) is 4.69. The number of ether oxygens (including phenoxy) is 1. The second kappa shape index (κ2) is 7.51. The van der Waals surface area contributed by atoms with E-state index in [1.54, 1.807) is 24.3 Å². The molecule has 146 valence electrons. The van der Waals surface area contributed by atoms with Gasteiger partial charge in [0.05, 0.1) is 21.6 Å². The Morgan fingerprint density at radius 1 is 0.862 bits per heavy atom. The Kier molecular flexibility index (Phi) is 4.89. The number of phenols is 1. The first kappa shape index (κ1) is 18.9. The summed E-state index contributed by atoms with van der Waals surface area (Å²) >= 11 is 1.27. The summed E-state index contributed by atoms with van der Waals surface area (Å²) in [5, 5.41) is 18.2. The number of thiazole rings is 1. The number of fused-ring (bicyclic) bond motifs is 1. The Balaban J connectivity index is 1.53. The molecule has 29 heavy (non-hydrogen) atoms. The predicted molar refractivity (Wildman–Crippen MR) is 104 cm³/mol. The molecular weight excluding hydrogens is 403 g/mol. The van der Waals surface area contributed by atoms with E-state index in [0.717, 1.165) is 5.56 Å². The normalized spacial score (nSPS) is 12.0. The van der Waals surface area contributed by atoms with Crippen molar-refractivity contribution in [3.8, 4) is 22.1 Å². The number of hydrogen-bond donors (Lipinski definition) is 1. The van der Waals surface area contributed by atoms with Gasteiger partial charge in [0.25, 0.3) is 0 Å². The Hall–Kier alpha value is -3.46. The highest BCUT2D eigenvalue weighted by molar-refractivity contribution is 7.21. The molecule has 0 aliphatic rings. The summed E-state index contributed by atoms with van der Waals surface area (Å²) in [5.74, 6) is -0.119. The fourth-order valence-corrected chi connectivity index (χ4v) is 3.53. The second-order valence-corrected chi connectivity index (χ2v) is 6.99. The van der Waals surface area contributed by atoms with Crippen LogP contribution in [0.4, 0.5) is 24.5 Å². The van der Waals surface area contributed by atoms with E-state index in [9.17, 15) is 18.3 Å². The van der Waals surface area contributed by atoms with Crippen LogP contribution < -0.4 is 4.74 Å². The van der Waals surface area contributed by atoms with Gasteiger partial charge in [0.1, 0.15) is 16.5 Å². The molecule has 9 heteroatoms. The Morgan fingerprint density at radius 2 is 1.48 bits per heavy atom. The summed E-state index contributed by atoms with van der Waals surface area (Å²) in [7, 11) is 0. The average Bonchev–Trinajstić information content (AvgIpc) is 3.10. The fourth-order valence-electron chi connectivity index (χ4n) is 2.53. The number of phenolic OH excluding ortho intramolecular Hbond substituents is 1. The van der Waals surface area contributed by atoms with Crippen molar-refractivity contribution in [1.29, 1.82) is 0 Å². The van der Waals surface area contributed by atoms with Crippen molar-refractivity contribution in [2.24, 2.45) is 10.2 Å². The molecule has 0 radical (unpaired) electrons. The first-order valence-electron chi connectivity index (χ1n) is 8.33. The molecule has 0 spiro atoms. The summed E-state index contributed by atoms with van der Waals surface area (Å²) in [6.07, 6.45) is -4.73. The molecule has 0 saturated carbocycles. The molecule has 1 heterocycles. The molecule has 0 bridgehead atoms. The first-order chi connectivity index (χ1) is 13.9. The van der Waals surface area contributed by atoms with Crippen molar-refractivity contribution in [3.63, 3.8) is 0 Å². The zero-order valence-corrected chi connectivity index (χ0v) is 15.4. The number of aromatic hydroxyl groups is 1. The molecule has 0 aliphatic carbocycles. The number of hydrogen-bond acceptors (Lipinski definition) is 6. The lowest BCUT2D eigenvalue weighted by atomic mass is 10.2. The summed E-state index contributed by atoms with van der Waals surface area (Å²) in [6.45, 7) is 0. The van der Waals surface area contributed by atoms with Crippen molar-refractivity contribution < 1.29 is 23.0 Å². The molecule has 4 rings (SSSR count). The number of alkyl halides is 3. The Labute approximate surface area is 166 Å². The number of azo groups is 1. The van der Waals surface area contributed by atoms with E-state index < -0.39 is 6.36 Å². The standard InChI is InChI=1S/C20H12F3N3O2S/c21-20(22,23)28-16-9-10-17-18(11-16)29-19(24-17)12-1-3-13(4-2-12)25-26-14-5-7-15(27)8-6-14/h1-11,27H. The van der Waals surface area contributed by atoms with Crippen LogP contribution in [0.15, 0.2) is 77.0 Å². The highest BCUT2D eigenvalue weighted by atomic mass is 32.1. The summed E-state index contributed by atoms with van der Waals surface area (Å²) < 4.78 is 41.7.